The number of benzene rings is 8. The molecule has 0 N–H and O–H groups in total. The second-order valence-electron chi connectivity index (χ2n) is 12.5. The Morgan fingerprint density at radius 1 is 0.306 bits per heavy atom. The molecule has 0 saturated heterocycles. The lowest BCUT2D eigenvalue weighted by Gasteiger charge is -2.26. The van der Waals surface area contributed by atoms with E-state index < -0.39 is 0 Å². The van der Waals surface area contributed by atoms with E-state index in [1.165, 1.54) is 73.4 Å². The smallest absolute Gasteiger partial charge is 0.0476 e. The lowest BCUT2D eigenvalue weighted by Crippen LogP contribution is -2.09. The van der Waals surface area contributed by atoms with Crippen LogP contribution in [0.1, 0.15) is 0 Å². The molecule has 10 rings (SSSR count). The van der Waals surface area contributed by atoms with Crippen molar-refractivity contribution in [2.45, 2.75) is 0 Å². The van der Waals surface area contributed by atoms with Gasteiger partial charge in [0.1, 0.15) is 0 Å². The number of rotatable bonds is 5. The van der Waals surface area contributed by atoms with Gasteiger partial charge in [-0.25, -0.2) is 0 Å². The van der Waals surface area contributed by atoms with E-state index in [9.17, 15) is 0 Å². The fourth-order valence-corrected chi connectivity index (χ4v) is 9.56. The van der Waals surface area contributed by atoms with Crippen LogP contribution in [0.15, 0.2) is 176 Å². The maximum absolute atomic E-state index is 2.41. The maximum Gasteiger partial charge on any atom is 0.0476 e. The molecular weight excluding hydrogens is 631 g/mol. The van der Waals surface area contributed by atoms with Crippen molar-refractivity contribution < 1.29 is 0 Å². The molecule has 1 nitrogen and oxygen atoms in total. The van der Waals surface area contributed by atoms with Gasteiger partial charge in [-0.15, -0.1) is 22.7 Å². The van der Waals surface area contributed by atoms with Crippen molar-refractivity contribution in [1.82, 2.24) is 0 Å². The summed E-state index contributed by atoms with van der Waals surface area (Å²) in [7, 11) is 0. The van der Waals surface area contributed by atoms with Gasteiger partial charge in [0.15, 0.2) is 0 Å². The number of nitrogens with zero attached hydrogens (tertiary/aromatic N) is 1. The van der Waals surface area contributed by atoms with Crippen LogP contribution in [0.2, 0.25) is 0 Å². The molecular formula is C46H29NS2. The van der Waals surface area contributed by atoms with E-state index in [-0.39, 0.29) is 0 Å². The lowest BCUT2D eigenvalue weighted by atomic mass is 9.95. The minimum atomic E-state index is 1.13. The molecule has 0 amide bonds. The average molecular weight is 660 g/mol. The number of hydrogen-bond acceptors (Lipinski definition) is 3. The topological polar surface area (TPSA) is 3.24 Å². The molecule has 2 heterocycles. The van der Waals surface area contributed by atoms with Crippen LogP contribution in [-0.2, 0) is 0 Å². The minimum Gasteiger partial charge on any atom is -0.310 e. The predicted molar refractivity (Wildman–Crippen MR) is 215 cm³/mol. The highest BCUT2D eigenvalue weighted by atomic mass is 32.1. The predicted octanol–water partition coefficient (Wildman–Crippen LogP) is 14.4. The molecule has 8 aromatic carbocycles. The molecule has 0 fully saturated rings. The Balaban J connectivity index is 1.10. The highest BCUT2D eigenvalue weighted by molar-refractivity contribution is 7.26. The summed E-state index contributed by atoms with van der Waals surface area (Å²) in [5.41, 5.74) is 8.37. The summed E-state index contributed by atoms with van der Waals surface area (Å²) in [6.07, 6.45) is 0. The molecule has 10 aromatic rings. The van der Waals surface area contributed by atoms with Crippen LogP contribution in [0.25, 0.3) is 73.4 Å². The van der Waals surface area contributed by atoms with E-state index in [2.05, 4.69) is 181 Å². The van der Waals surface area contributed by atoms with Gasteiger partial charge < -0.3 is 4.90 Å². The first-order valence-corrected chi connectivity index (χ1v) is 18.2. The van der Waals surface area contributed by atoms with Crippen LogP contribution in [0.4, 0.5) is 17.1 Å². The van der Waals surface area contributed by atoms with Crippen molar-refractivity contribution >= 4 is 90.9 Å². The van der Waals surface area contributed by atoms with E-state index >= 15 is 0 Å². The molecule has 0 saturated carbocycles. The Morgan fingerprint density at radius 2 is 0.857 bits per heavy atom. The lowest BCUT2D eigenvalue weighted by molar-refractivity contribution is 1.30. The fraction of sp³-hybridized carbons (Fsp3) is 0. The van der Waals surface area contributed by atoms with Gasteiger partial charge >= 0.3 is 0 Å². The van der Waals surface area contributed by atoms with Crippen LogP contribution in [-0.4, -0.2) is 0 Å². The first kappa shape index (κ1) is 28.3. The van der Waals surface area contributed by atoms with Crippen molar-refractivity contribution in [3.05, 3.63) is 176 Å². The normalized spacial score (nSPS) is 11.7. The van der Waals surface area contributed by atoms with E-state index in [1.54, 1.807) is 0 Å². The molecule has 49 heavy (non-hydrogen) atoms. The third-order valence-electron chi connectivity index (χ3n) is 9.67. The third kappa shape index (κ3) is 4.82. The zero-order valence-electron chi connectivity index (χ0n) is 26.5. The molecule has 3 heteroatoms. The summed E-state index contributed by atoms with van der Waals surface area (Å²) < 4.78 is 5.24. The standard InChI is InChI=1S/C46H29NS2/c1-2-9-31(10-3-1)37-14-8-11-32-17-18-33(27-42(32)37)30-19-21-34(22-20-30)47(35-23-25-40-38-12-4-6-15-43(38)48-45(40)28-35)36-24-26-41-39-13-5-7-16-44(39)49-46(41)29-36/h1-29H. The molecule has 0 unspecified atom stereocenters. The molecule has 230 valence electrons. The Kier molecular flexibility index (Phi) is 6.61. The van der Waals surface area contributed by atoms with E-state index in [1.807, 2.05) is 22.7 Å². The van der Waals surface area contributed by atoms with Crippen LogP contribution < -0.4 is 4.90 Å². The molecule has 2 aromatic heterocycles. The van der Waals surface area contributed by atoms with Gasteiger partial charge in [0.05, 0.1) is 0 Å². The maximum atomic E-state index is 2.41. The summed E-state index contributed by atoms with van der Waals surface area (Å²) in [5.74, 6) is 0. The number of hydrogen-bond donors (Lipinski definition) is 0. The van der Waals surface area contributed by atoms with Gasteiger partial charge in [0.2, 0.25) is 0 Å². The Labute approximate surface area is 292 Å². The monoisotopic (exact) mass is 659 g/mol. The largest absolute Gasteiger partial charge is 0.310 e. The highest BCUT2D eigenvalue weighted by Crippen LogP contribution is 2.43. The minimum absolute atomic E-state index is 1.13. The second-order valence-corrected chi connectivity index (χ2v) is 14.7. The molecule has 0 aliphatic carbocycles. The fourth-order valence-electron chi connectivity index (χ4n) is 7.28. The third-order valence-corrected chi connectivity index (χ3v) is 11.9. The average Bonchev–Trinajstić information content (AvgIpc) is 3.73. The van der Waals surface area contributed by atoms with Gasteiger partial charge in [-0.3, -0.25) is 0 Å². The summed E-state index contributed by atoms with van der Waals surface area (Å²) in [4.78, 5) is 2.41. The number of anilines is 3. The van der Waals surface area contributed by atoms with Crippen molar-refractivity contribution in [1.29, 1.82) is 0 Å². The Hall–Kier alpha value is -5.74. The molecule has 0 aliphatic heterocycles. The van der Waals surface area contributed by atoms with Gasteiger partial charge in [0, 0.05) is 57.4 Å². The van der Waals surface area contributed by atoms with Crippen molar-refractivity contribution in [2.24, 2.45) is 0 Å². The first-order chi connectivity index (χ1) is 24.3. The van der Waals surface area contributed by atoms with Crippen LogP contribution in [0.3, 0.4) is 0 Å². The van der Waals surface area contributed by atoms with E-state index in [0.717, 1.165) is 17.1 Å². The number of thiophene rings is 2. The zero-order valence-corrected chi connectivity index (χ0v) is 28.1. The molecule has 0 radical (unpaired) electrons. The van der Waals surface area contributed by atoms with Gasteiger partial charge in [-0.05, 0) is 87.6 Å². The second kappa shape index (κ2) is 11.5. The SMILES string of the molecule is c1ccc(-c2cccc3ccc(-c4ccc(N(c5ccc6c(c5)sc5ccccc56)c5ccc6c(c5)sc5ccccc56)cc4)cc23)cc1. The molecule has 0 spiro atoms. The Bertz CT molecular complexity index is 2710. The molecule has 0 aliphatic rings. The molecule has 0 bridgehead atoms. The molecule has 0 atom stereocenters. The van der Waals surface area contributed by atoms with Crippen LogP contribution in [0.5, 0.6) is 0 Å². The Morgan fingerprint density at radius 3 is 1.51 bits per heavy atom. The van der Waals surface area contributed by atoms with Crippen LogP contribution >= 0.6 is 22.7 Å². The van der Waals surface area contributed by atoms with Gasteiger partial charge in [-0.2, -0.15) is 0 Å². The van der Waals surface area contributed by atoms with Crippen molar-refractivity contribution in [2.75, 3.05) is 4.90 Å². The van der Waals surface area contributed by atoms with E-state index in [4.69, 9.17) is 0 Å². The zero-order chi connectivity index (χ0) is 32.3. The summed E-state index contributed by atoms with van der Waals surface area (Å²) >= 11 is 3.73. The highest BCUT2D eigenvalue weighted by Gasteiger charge is 2.17. The van der Waals surface area contributed by atoms with Gasteiger partial charge in [0.25, 0.3) is 0 Å². The van der Waals surface area contributed by atoms with Gasteiger partial charge in [-0.1, -0.05) is 121 Å². The first-order valence-electron chi connectivity index (χ1n) is 16.6. The van der Waals surface area contributed by atoms with E-state index in [0.29, 0.717) is 0 Å². The summed E-state index contributed by atoms with van der Waals surface area (Å²) in [6, 6.07) is 64.5. The van der Waals surface area contributed by atoms with Crippen molar-refractivity contribution in [3.8, 4) is 22.3 Å². The summed E-state index contributed by atoms with van der Waals surface area (Å²) in [6.45, 7) is 0. The number of fused-ring (bicyclic) bond motifs is 7. The quantitative estimate of drug-likeness (QED) is 0.178. The van der Waals surface area contributed by atoms with Crippen LogP contribution in [0, 0.1) is 0 Å². The summed E-state index contributed by atoms with van der Waals surface area (Å²) in [5, 5.41) is 7.79. The van der Waals surface area contributed by atoms with Crippen molar-refractivity contribution in [3.63, 3.8) is 0 Å².